The number of thioether (sulfide) groups is 1. The van der Waals surface area contributed by atoms with Crippen LogP contribution in [0.5, 0.6) is 0 Å². The van der Waals surface area contributed by atoms with Crippen LogP contribution in [0.1, 0.15) is 26.2 Å². The smallest absolute Gasteiger partial charge is 0.276 e. The molecule has 0 radical (unpaired) electrons. The molecule has 0 aliphatic rings. The van der Waals surface area contributed by atoms with Crippen LogP contribution in [-0.2, 0) is 4.79 Å². The molecule has 0 fully saturated rings. The lowest BCUT2D eigenvalue weighted by atomic mass is 10.1. The number of carbonyl (C=O) groups is 1. The Labute approximate surface area is 105 Å². The van der Waals surface area contributed by atoms with E-state index in [1.807, 2.05) is 6.92 Å². The predicted molar refractivity (Wildman–Crippen MR) is 65.7 cm³/mol. The second-order valence-electron chi connectivity index (χ2n) is 4.00. The molecule has 1 amide bonds. The molecule has 1 unspecified atom stereocenters. The van der Waals surface area contributed by atoms with E-state index in [9.17, 15) is 4.79 Å². The first-order valence-corrected chi connectivity index (χ1v) is 6.44. The summed E-state index contributed by atoms with van der Waals surface area (Å²) in [5.74, 6) is 0.591. The van der Waals surface area contributed by atoms with Crippen LogP contribution in [0.4, 0.5) is 0 Å². The highest BCUT2D eigenvalue weighted by molar-refractivity contribution is 7.99. The molecule has 1 heterocycles. The van der Waals surface area contributed by atoms with Crippen molar-refractivity contribution in [2.45, 2.75) is 38.0 Å². The molecule has 1 aromatic rings. The molecule has 0 aliphatic carbocycles. The van der Waals surface area contributed by atoms with Crippen molar-refractivity contribution in [1.82, 2.24) is 15.5 Å². The van der Waals surface area contributed by atoms with Crippen LogP contribution in [0, 0.1) is 6.92 Å². The first kappa shape index (κ1) is 14.0. The van der Waals surface area contributed by atoms with E-state index >= 15 is 0 Å². The van der Waals surface area contributed by atoms with Gasteiger partial charge < -0.3 is 15.5 Å². The van der Waals surface area contributed by atoms with Crippen LogP contribution < -0.4 is 11.1 Å². The molecule has 6 nitrogen and oxygen atoms in total. The van der Waals surface area contributed by atoms with Gasteiger partial charge in [0.2, 0.25) is 11.8 Å². The van der Waals surface area contributed by atoms with Crippen molar-refractivity contribution in [3.8, 4) is 0 Å². The summed E-state index contributed by atoms with van der Waals surface area (Å²) in [5, 5.41) is 11.2. The van der Waals surface area contributed by atoms with E-state index in [1.165, 1.54) is 11.8 Å². The molecule has 17 heavy (non-hydrogen) atoms. The minimum atomic E-state index is -0.761. The fourth-order valence-corrected chi connectivity index (χ4v) is 2.09. The van der Waals surface area contributed by atoms with Gasteiger partial charge in [-0.1, -0.05) is 18.7 Å². The third-order valence-corrected chi connectivity index (χ3v) is 3.43. The number of nitrogens with zero attached hydrogens (tertiary/aromatic N) is 2. The number of hydrogen-bond acceptors (Lipinski definition) is 6. The highest BCUT2D eigenvalue weighted by Gasteiger charge is 2.31. The summed E-state index contributed by atoms with van der Waals surface area (Å²) in [4.78, 5) is 11.4. The third-order valence-electron chi connectivity index (χ3n) is 2.30. The van der Waals surface area contributed by atoms with Gasteiger partial charge in [0.1, 0.15) is 5.54 Å². The molecule has 1 aromatic heterocycles. The molecule has 0 saturated heterocycles. The highest BCUT2D eigenvalue weighted by Crippen LogP contribution is 2.21. The second kappa shape index (κ2) is 6.02. The average molecular weight is 258 g/mol. The van der Waals surface area contributed by atoms with Crippen molar-refractivity contribution in [3.63, 3.8) is 0 Å². The summed E-state index contributed by atoms with van der Waals surface area (Å²) in [6.07, 6.45) is 0.938. The maximum absolute atomic E-state index is 11.4. The highest BCUT2D eigenvalue weighted by atomic mass is 32.2. The van der Waals surface area contributed by atoms with E-state index in [4.69, 9.17) is 10.2 Å². The topological polar surface area (TPSA) is 94.0 Å². The lowest BCUT2D eigenvalue weighted by Crippen LogP contribution is -2.55. The molecule has 96 valence electrons. The molecule has 1 rings (SSSR count). The number of hydrogen-bond donors (Lipinski definition) is 2. The normalized spacial score (nSPS) is 14.5. The Bertz CT molecular complexity index is 382. The van der Waals surface area contributed by atoms with Gasteiger partial charge in [0.05, 0.1) is 0 Å². The zero-order chi connectivity index (χ0) is 12.9. The van der Waals surface area contributed by atoms with Crippen molar-refractivity contribution in [1.29, 1.82) is 0 Å². The van der Waals surface area contributed by atoms with Crippen LogP contribution in [0.2, 0.25) is 0 Å². The summed E-state index contributed by atoms with van der Waals surface area (Å²) in [6, 6.07) is 0. The summed E-state index contributed by atoms with van der Waals surface area (Å²) < 4.78 is 5.22. The van der Waals surface area contributed by atoms with Gasteiger partial charge in [-0.25, -0.2) is 0 Å². The molecule has 0 bridgehead atoms. The fraction of sp³-hybridized carbons (Fsp3) is 0.700. The predicted octanol–water partition coefficient (Wildman–Crippen LogP) is 0.714. The van der Waals surface area contributed by atoms with Gasteiger partial charge in [0.25, 0.3) is 5.22 Å². The maximum Gasteiger partial charge on any atom is 0.276 e. The average Bonchev–Trinajstić information content (AvgIpc) is 2.69. The van der Waals surface area contributed by atoms with Crippen molar-refractivity contribution in [2.24, 2.45) is 5.73 Å². The molecule has 0 aromatic carbocycles. The molecule has 0 spiro atoms. The summed E-state index contributed by atoms with van der Waals surface area (Å²) in [7, 11) is 0. The largest absolute Gasteiger partial charge is 0.416 e. The third kappa shape index (κ3) is 4.01. The van der Waals surface area contributed by atoms with Gasteiger partial charge >= 0.3 is 0 Å². The number of nitrogens with two attached hydrogens (primary N) is 1. The van der Waals surface area contributed by atoms with Crippen molar-refractivity contribution < 1.29 is 9.21 Å². The number of aryl methyl sites for hydroxylation is 1. The van der Waals surface area contributed by atoms with Crippen LogP contribution in [0.15, 0.2) is 9.64 Å². The Morgan fingerprint density at radius 3 is 2.76 bits per heavy atom. The van der Waals surface area contributed by atoms with Gasteiger partial charge in [-0.3, -0.25) is 4.79 Å². The standard InChI is InChI=1S/C10H18N4O2S/c1-4-5-12-10(3,8(11)15)6-17-9-14-13-7(2)16-9/h12H,4-6H2,1-3H3,(H2,11,15). The number of amides is 1. The number of rotatable bonds is 7. The number of nitrogens with one attached hydrogen (secondary N) is 1. The minimum absolute atomic E-state index is 0.380. The molecular weight excluding hydrogens is 240 g/mol. The van der Waals surface area contributed by atoms with E-state index in [0.717, 1.165) is 13.0 Å². The molecule has 0 aliphatic heterocycles. The van der Waals surface area contributed by atoms with Crippen molar-refractivity contribution in [2.75, 3.05) is 12.3 Å². The first-order chi connectivity index (χ1) is 7.98. The van der Waals surface area contributed by atoms with E-state index < -0.39 is 5.54 Å². The van der Waals surface area contributed by atoms with Crippen LogP contribution in [-0.4, -0.2) is 33.9 Å². The lowest BCUT2D eigenvalue weighted by Gasteiger charge is -2.26. The van der Waals surface area contributed by atoms with Crippen molar-refractivity contribution >= 4 is 17.7 Å². The van der Waals surface area contributed by atoms with E-state index in [2.05, 4.69) is 15.5 Å². The zero-order valence-electron chi connectivity index (χ0n) is 10.3. The minimum Gasteiger partial charge on any atom is -0.416 e. The zero-order valence-corrected chi connectivity index (χ0v) is 11.1. The maximum atomic E-state index is 11.4. The SMILES string of the molecule is CCCNC(C)(CSc1nnc(C)o1)C(N)=O. The molecule has 0 saturated carbocycles. The lowest BCUT2D eigenvalue weighted by molar-refractivity contribution is -0.122. The Kier molecular flexibility index (Phi) is 4.95. The summed E-state index contributed by atoms with van der Waals surface area (Å²) in [6.45, 7) is 6.27. The van der Waals surface area contributed by atoms with Gasteiger partial charge in [-0.2, -0.15) is 0 Å². The quantitative estimate of drug-likeness (QED) is 0.700. The van der Waals surface area contributed by atoms with Gasteiger partial charge in [0, 0.05) is 12.7 Å². The van der Waals surface area contributed by atoms with Crippen LogP contribution >= 0.6 is 11.8 Å². The van der Waals surface area contributed by atoms with Gasteiger partial charge in [-0.05, 0) is 19.9 Å². The van der Waals surface area contributed by atoms with Gasteiger partial charge in [-0.15, -0.1) is 10.2 Å². The molecular formula is C10H18N4O2S. The molecule has 1 atom stereocenters. The van der Waals surface area contributed by atoms with E-state index in [-0.39, 0.29) is 5.91 Å². The number of carbonyl (C=O) groups excluding carboxylic acids is 1. The van der Waals surface area contributed by atoms with E-state index in [1.54, 1.807) is 13.8 Å². The summed E-state index contributed by atoms with van der Waals surface area (Å²) in [5.41, 5.74) is 4.64. The van der Waals surface area contributed by atoms with Crippen LogP contribution in [0.25, 0.3) is 0 Å². The summed E-state index contributed by atoms with van der Waals surface area (Å²) >= 11 is 1.32. The Morgan fingerprint density at radius 2 is 2.29 bits per heavy atom. The number of primary amides is 1. The molecule has 3 N–H and O–H groups in total. The Hall–Kier alpha value is -1.08. The Morgan fingerprint density at radius 1 is 1.59 bits per heavy atom. The molecule has 7 heteroatoms. The fourth-order valence-electron chi connectivity index (χ4n) is 1.15. The van der Waals surface area contributed by atoms with Gasteiger partial charge in [0.15, 0.2) is 0 Å². The number of aromatic nitrogens is 2. The van der Waals surface area contributed by atoms with Crippen molar-refractivity contribution in [3.05, 3.63) is 5.89 Å². The van der Waals surface area contributed by atoms with Crippen LogP contribution in [0.3, 0.4) is 0 Å². The first-order valence-electron chi connectivity index (χ1n) is 5.46. The second-order valence-corrected chi connectivity index (χ2v) is 4.93. The Balaban J connectivity index is 2.58. The van der Waals surface area contributed by atoms with E-state index in [0.29, 0.717) is 16.9 Å². The monoisotopic (exact) mass is 258 g/mol.